The normalized spacial score (nSPS) is 16.3. The van der Waals surface area contributed by atoms with E-state index in [4.69, 9.17) is 4.74 Å². The van der Waals surface area contributed by atoms with E-state index in [1.807, 2.05) is 6.92 Å². The number of aryl methyl sites for hydroxylation is 1. The van der Waals surface area contributed by atoms with E-state index in [2.05, 4.69) is 15.2 Å². The number of halogens is 4. The van der Waals surface area contributed by atoms with Gasteiger partial charge in [-0.05, 0) is 80.4 Å². The summed E-state index contributed by atoms with van der Waals surface area (Å²) < 4.78 is 61.1. The molecule has 0 amide bonds. The molecule has 3 aromatic rings. The standard InChI is InChI=1S/C29H33F4N3O3/c1-18-17-35-25-4-3-20(39-2)15-21(25)27(18)22(30)5-6-29(16-26(37)38)7-10-36(11-8-29)12-9-34-19-13-23(31)28(33)24(32)14-19/h3-4,13-15,17,22,34H,5-12,16H2,1-2H3,(H,37,38). The van der Waals surface area contributed by atoms with E-state index in [9.17, 15) is 23.1 Å². The zero-order valence-electron chi connectivity index (χ0n) is 22.1. The summed E-state index contributed by atoms with van der Waals surface area (Å²) in [7, 11) is 1.55. The highest BCUT2D eigenvalue weighted by molar-refractivity contribution is 5.85. The molecule has 2 N–H and O–H groups in total. The van der Waals surface area contributed by atoms with Crippen LogP contribution in [0.5, 0.6) is 5.75 Å². The van der Waals surface area contributed by atoms with Gasteiger partial charge in [-0.25, -0.2) is 17.6 Å². The number of likely N-dealkylation sites (tertiary alicyclic amines) is 1. The van der Waals surface area contributed by atoms with Gasteiger partial charge in [0.2, 0.25) is 0 Å². The largest absolute Gasteiger partial charge is 0.497 e. The molecule has 1 atom stereocenters. The lowest BCUT2D eigenvalue weighted by Gasteiger charge is -2.41. The van der Waals surface area contributed by atoms with Crippen LogP contribution in [0.2, 0.25) is 0 Å². The van der Waals surface area contributed by atoms with Crippen molar-refractivity contribution in [2.45, 2.75) is 45.2 Å². The number of nitrogens with zero attached hydrogens (tertiary/aromatic N) is 2. The summed E-state index contributed by atoms with van der Waals surface area (Å²) in [5, 5.41) is 13.2. The first-order valence-electron chi connectivity index (χ1n) is 13.0. The van der Waals surface area contributed by atoms with Crippen LogP contribution in [-0.4, -0.2) is 54.2 Å². The Kier molecular flexibility index (Phi) is 8.94. The molecule has 2 heterocycles. The summed E-state index contributed by atoms with van der Waals surface area (Å²) in [6.07, 6.45) is 2.13. The van der Waals surface area contributed by atoms with Crippen LogP contribution < -0.4 is 10.1 Å². The van der Waals surface area contributed by atoms with Crippen molar-refractivity contribution in [2.75, 3.05) is 38.6 Å². The van der Waals surface area contributed by atoms with Crippen LogP contribution in [0.1, 0.15) is 49.4 Å². The van der Waals surface area contributed by atoms with E-state index in [1.165, 1.54) is 0 Å². The summed E-state index contributed by atoms with van der Waals surface area (Å²) in [5.74, 6) is -4.31. The lowest BCUT2D eigenvalue weighted by molar-refractivity contribution is -0.141. The van der Waals surface area contributed by atoms with Crippen LogP contribution in [0.15, 0.2) is 36.5 Å². The Hall–Kier alpha value is -3.40. The van der Waals surface area contributed by atoms with Crippen molar-refractivity contribution in [2.24, 2.45) is 5.41 Å². The Morgan fingerprint density at radius 3 is 2.51 bits per heavy atom. The molecule has 10 heteroatoms. The van der Waals surface area contributed by atoms with Crippen molar-refractivity contribution in [1.82, 2.24) is 9.88 Å². The van der Waals surface area contributed by atoms with Crippen molar-refractivity contribution < 1.29 is 32.2 Å². The molecule has 1 unspecified atom stereocenters. The number of anilines is 1. The third-order valence-corrected chi connectivity index (χ3v) is 7.74. The van der Waals surface area contributed by atoms with Crippen LogP contribution in [-0.2, 0) is 4.79 Å². The van der Waals surface area contributed by atoms with Gasteiger partial charge in [-0.2, -0.15) is 0 Å². The van der Waals surface area contributed by atoms with Gasteiger partial charge in [0.05, 0.1) is 19.0 Å². The summed E-state index contributed by atoms with van der Waals surface area (Å²) in [6, 6.07) is 7.17. The predicted octanol–water partition coefficient (Wildman–Crippen LogP) is 6.43. The number of nitrogens with one attached hydrogen (secondary N) is 1. The number of rotatable bonds is 11. The Labute approximate surface area is 225 Å². The van der Waals surface area contributed by atoms with Gasteiger partial charge in [0.1, 0.15) is 11.9 Å². The maximum atomic E-state index is 15.8. The molecule has 1 saturated heterocycles. The zero-order valence-corrected chi connectivity index (χ0v) is 22.1. The number of hydrogen-bond donors (Lipinski definition) is 2. The number of carboxylic acids is 1. The Morgan fingerprint density at radius 2 is 1.87 bits per heavy atom. The Bertz CT molecular complexity index is 1310. The minimum atomic E-state index is -1.51. The van der Waals surface area contributed by atoms with Gasteiger partial charge in [0.15, 0.2) is 17.5 Å². The van der Waals surface area contributed by atoms with Gasteiger partial charge in [-0.1, -0.05) is 0 Å². The number of carbonyl (C=O) groups is 1. The van der Waals surface area contributed by atoms with E-state index < -0.39 is 35.0 Å². The number of carboxylic acid groups (broad SMARTS) is 1. The van der Waals surface area contributed by atoms with Gasteiger partial charge < -0.3 is 20.1 Å². The molecule has 4 rings (SSSR count). The van der Waals surface area contributed by atoms with E-state index in [0.29, 0.717) is 67.7 Å². The second-order valence-corrected chi connectivity index (χ2v) is 10.3. The summed E-state index contributed by atoms with van der Waals surface area (Å²) >= 11 is 0. The third-order valence-electron chi connectivity index (χ3n) is 7.74. The van der Waals surface area contributed by atoms with Gasteiger partial charge in [0, 0.05) is 42.5 Å². The highest BCUT2D eigenvalue weighted by Crippen LogP contribution is 2.43. The highest BCUT2D eigenvalue weighted by atomic mass is 19.2. The van der Waals surface area contributed by atoms with Gasteiger partial charge >= 0.3 is 5.97 Å². The van der Waals surface area contributed by atoms with Crippen molar-refractivity contribution >= 4 is 22.6 Å². The number of piperidine rings is 1. The number of fused-ring (bicyclic) bond motifs is 1. The van der Waals surface area contributed by atoms with E-state index in [0.717, 1.165) is 17.7 Å². The SMILES string of the molecule is COc1ccc2ncc(C)c(C(F)CCC3(CC(=O)O)CCN(CCNc4cc(F)c(F)c(F)c4)CC3)c2c1. The lowest BCUT2D eigenvalue weighted by Crippen LogP contribution is -2.43. The minimum Gasteiger partial charge on any atom is -0.497 e. The monoisotopic (exact) mass is 547 g/mol. The molecule has 210 valence electrons. The van der Waals surface area contributed by atoms with Crippen molar-refractivity contribution in [3.05, 3.63) is 65.1 Å². The van der Waals surface area contributed by atoms with Crippen molar-refractivity contribution in [1.29, 1.82) is 0 Å². The van der Waals surface area contributed by atoms with Crippen LogP contribution in [0.25, 0.3) is 10.9 Å². The fourth-order valence-electron chi connectivity index (χ4n) is 5.51. The highest BCUT2D eigenvalue weighted by Gasteiger charge is 2.37. The maximum Gasteiger partial charge on any atom is 0.303 e. The first-order chi connectivity index (χ1) is 18.6. The van der Waals surface area contributed by atoms with Gasteiger partial charge in [-0.3, -0.25) is 9.78 Å². The molecule has 0 radical (unpaired) electrons. The second kappa shape index (κ2) is 12.2. The number of alkyl halides is 1. The van der Waals surface area contributed by atoms with Crippen LogP contribution in [0.3, 0.4) is 0 Å². The smallest absolute Gasteiger partial charge is 0.303 e. The van der Waals surface area contributed by atoms with E-state index >= 15 is 4.39 Å². The summed E-state index contributed by atoms with van der Waals surface area (Å²) in [5.41, 5.74) is 1.58. The molecule has 1 aliphatic rings. The summed E-state index contributed by atoms with van der Waals surface area (Å²) in [4.78, 5) is 18.3. The van der Waals surface area contributed by atoms with Gasteiger partial charge in [0.25, 0.3) is 0 Å². The van der Waals surface area contributed by atoms with E-state index in [-0.39, 0.29) is 18.5 Å². The summed E-state index contributed by atoms with van der Waals surface area (Å²) in [6.45, 7) is 3.99. The number of hydrogen-bond acceptors (Lipinski definition) is 5. The lowest BCUT2D eigenvalue weighted by atomic mass is 9.71. The van der Waals surface area contributed by atoms with Crippen LogP contribution in [0.4, 0.5) is 23.2 Å². The Morgan fingerprint density at radius 1 is 1.18 bits per heavy atom. The first kappa shape index (κ1) is 28.6. The topological polar surface area (TPSA) is 74.7 Å². The molecule has 0 bridgehead atoms. The molecule has 0 saturated carbocycles. The molecular weight excluding hydrogens is 514 g/mol. The van der Waals surface area contributed by atoms with Crippen LogP contribution in [0, 0.1) is 29.8 Å². The quantitative estimate of drug-likeness (QED) is 0.213. The molecule has 39 heavy (non-hydrogen) atoms. The molecule has 6 nitrogen and oxygen atoms in total. The van der Waals surface area contributed by atoms with Crippen LogP contribution >= 0.6 is 0 Å². The molecule has 0 aliphatic carbocycles. The molecule has 2 aromatic carbocycles. The fourth-order valence-corrected chi connectivity index (χ4v) is 5.51. The molecule has 0 spiro atoms. The van der Waals surface area contributed by atoms with Crippen molar-refractivity contribution in [3.63, 3.8) is 0 Å². The zero-order chi connectivity index (χ0) is 28.2. The van der Waals surface area contributed by atoms with Crippen molar-refractivity contribution in [3.8, 4) is 5.75 Å². The third kappa shape index (κ3) is 6.79. The number of benzene rings is 2. The fraction of sp³-hybridized carbons (Fsp3) is 0.448. The number of ether oxygens (including phenoxy) is 1. The average Bonchev–Trinajstić information content (AvgIpc) is 2.90. The minimum absolute atomic E-state index is 0.0379. The number of pyridine rings is 1. The average molecular weight is 548 g/mol. The second-order valence-electron chi connectivity index (χ2n) is 10.3. The molecule has 1 aromatic heterocycles. The Balaban J connectivity index is 1.38. The number of methoxy groups -OCH3 is 1. The predicted molar refractivity (Wildman–Crippen MR) is 141 cm³/mol. The number of aromatic nitrogens is 1. The molecule has 1 fully saturated rings. The number of aliphatic carboxylic acids is 1. The first-order valence-corrected chi connectivity index (χ1v) is 13.0. The molecular formula is C29H33F4N3O3. The van der Waals surface area contributed by atoms with Gasteiger partial charge in [-0.15, -0.1) is 0 Å². The van der Waals surface area contributed by atoms with E-state index in [1.54, 1.807) is 31.5 Å². The molecule has 1 aliphatic heterocycles. The maximum absolute atomic E-state index is 15.8.